The molecule has 1 fully saturated rings. The topological polar surface area (TPSA) is 69.9 Å². The molecule has 1 saturated heterocycles. The minimum atomic E-state index is -1.12. The van der Waals surface area contributed by atoms with Gasteiger partial charge in [-0.1, -0.05) is 91.0 Å². The predicted octanol–water partition coefficient (Wildman–Crippen LogP) is 2.85. The van der Waals surface area contributed by atoms with Crippen LogP contribution in [0.25, 0.3) is 0 Å². The molecule has 1 aliphatic rings. The molecule has 1 aliphatic heterocycles. The molecule has 1 heterocycles. The lowest BCUT2D eigenvalue weighted by Crippen LogP contribution is -2.51. The van der Waals surface area contributed by atoms with Gasteiger partial charge < -0.3 is 20.1 Å². The van der Waals surface area contributed by atoms with Crippen molar-refractivity contribution in [1.29, 1.82) is 0 Å². The Balaban J connectivity index is 1.99. The molecule has 1 unspecified atom stereocenters. The zero-order chi connectivity index (χ0) is 19.6. The molecule has 0 saturated carbocycles. The van der Waals surface area contributed by atoms with E-state index in [0.29, 0.717) is 0 Å². The highest BCUT2D eigenvalue weighted by atomic mass is 16.6. The van der Waals surface area contributed by atoms with Crippen LogP contribution in [0.3, 0.4) is 0 Å². The van der Waals surface area contributed by atoms with Crippen LogP contribution in [0.2, 0.25) is 0 Å². The monoisotopic (exact) mass is 376 g/mol. The van der Waals surface area contributed by atoms with Crippen molar-refractivity contribution in [1.82, 2.24) is 0 Å². The maximum atomic E-state index is 11.7. The molecule has 4 heteroatoms. The fraction of sp³-hybridized carbons (Fsp3) is 0.250. The predicted molar refractivity (Wildman–Crippen MR) is 107 cm³/mol. The molecular weight excluding hydrogens is 352 g/mol. The zero-order valence-electron chi connectivity index (χ0n) is 15.4. The van der Waals surface area contributed by atoms with Gasteiger partial charge in [0, 0.05) is 6.42 Å². The molecule has 3 N–H and O–H groups in total. The SMILES string of the molecule is OC([C@H]1O[C@H](O)C[C@@H]1O)C(c1ccccc1)(c1ccccc1)c1ccccc1. The molecule has 4 nitrogen and oxygen atoms in total. The maximum Gasteiger partial charge on any atom is 0.157 e. The number of aliphatic hydroxyl groups excluding tert-OH is 3. The molecule has 0 amide bonds. The van der Waals surface area contributed by atoms with Gasteiger partial charge in [0.1, 0.15) is 12.2 Å². The van der Waals surface area contributed by atoms with Gasteiger partial charge in [-0.15, -0.1) is 0 Å². The minimum absolute atomic E-state index is 0.0795. The first-order valence-corrected chi connectivity index (χ1v) is 9.50. The smallest absolute Gasteiger partial charge is 0.157 e. The summed E-state index contributed by atoms with van der Waals surface area (Å²) in [6.45, 7) is 0. The Bertz CT molecular complexity index is 786. The van der Waals surface area contributed by atoms with Crippen molar-refractivity contribution in [2.45, 2.75) is 36.4 Å². The average molecular weight is 376 g/mol. The number of benzene rings is 3. The highest BCUT2D eigenvalue weighted by Gasteiger charge is 2.51. The lowest BCUT2D eigenvalue weighted by atomic mass is 9.64. The number of hydrogen-bond acceptors (Lipinski definition) is 4. The van der Waals surface area contributed by atoms with Crippen LogP contribution in [0.5, 0.6) is 0 Å². The highest BCUT2D eigenvalue weighted by Crippen LogP contribution is 2.45. The molecule has 0 radical (unpaired) electrons. The Morgan fingerprint density at radius 1 is 0.714 bits per heavy atom. The summed E-state index contributed by atoms with van der Waals surface area (Å²) in [7, 11) is 0. The Morgan fingerprint density at radius 3 is 1.43 bits per heavy atom. The average Bonchev–Trinajstić information content (AvgIpc) is 3.09. The second kappa shape index (κ2) is 7.86. The van der Waals surface area contributed by atoms with Gasteiger partial charge in [0.2, 0.25) is 0 Å². The summed E-state index contributed by atoms with van der Waals surface area (Å²) in [4.78, 5) is 0. The van der Waals surface area contributed by atoms with Crippen LogP contribution in [0.15, 0.2) is 91.0 Å². The third-order valence-electron chi connectivity index (χ3n) is 5.58. The third-order valence-corrected chi connectivity index (χ3v) is 5.58. The molecule has 0 aromatic heterocycles. The van der Waals surface area contributed by atoms with Crippen molar-refractivity contribution in [2.24, 2.45) is 0 Å². The number of ether oxygens (including phenoxy) is 1. The van der Waals surface area contributed by atoms with Crippen molar-refractivity contribution in [3.8, 4) is 0 Å². The Kier molecular flexibility index (Phi) is 5.29. The van der Waals surface area contributed by atoms with E-state index < -0.39 is 30.0 Å². The van der Waals surface area contributed by atoms with E-state index in [9.17, 15) is 15.3 Å². The van der Waals surface area contributed by atoms with Crippen LogP contribution in [-0.2, 0) is 10.2 Å². The fourth-order valence-electron chi connectivity index (χ4n) is 4.31. The Morgan fingerprint density at radius 2 is 1.11 bits per heavy atom. The van der Waals surface area contributed by atoms with Gasteiger partial charge in [-0.3, -0.25) is 0 Å². The Labute approximate surface area is 164 Å². The number of hydrogen-bond donors (Lipinski definition) is 3. The molecule has 3 aromatic carbocycles. The van der Waals surface area contributed by atoms with E-state index in [1.807, 2.05) is 91.0 Å². The minimum Gasteiger partial charge on any atom is -0.390 e. The van der Waals surface area contributed by atoms with Gasteiger partial charge >= 0.3 is 0 Å². The largest absolute Gasteiger partial charge is 0.390 e. The van der Waals surface area contributed by atoms with Crippen molar-refractivity contribution >= 4 is 0 Å². The molecule has 0 spiro atoms. The maximum absolute atomic E-state index is 11.7. The first-order valence-electron chi connectivity index (χ1n) is 9.50. The zero-order valence-corrected chi connectivity index (χ0v) is 15.4. The van der Waals surface area contributed by atoms with Gasteiger partial charge in [0.25, 0.3) is 0 Å². The van der Waals surface area contributed by atoms with Gasteiger partial charge in [-0.05, 0) is 16.7 Å². The first kappa shape index (κ1) is 18.8. The van der Waals surface area contributed by atoms with Crippen molar-refractivity contribution < 1.29 is 20.1 Å². The summed E-state index contributed by atoms with van der Waals surface area (Å²) in [5.41, 5.74) is 1.69. The molecule has 0 aliphatic carbocycles. The van der Waals surface area contributed by atoms with Crippen LogP contribution < -0.4 is 0 Å². The van der Waals surface area contributed by atoms with Crippen LogP contribution in [0.4, 0.5) is 0 Å². The van der Waals surface area contributed by atoms with Crippen molar-refractivity contribution in [3.63, 3.8) is 0 Å². The van der Waals surface area contributed by atoms with E-state index in [2.05, 4.69) is 0 Å². The third kappa shape index (κ3) is 3.15. The van der Waals surface area contributed by atoms with E-state index in [1.165, 1.54) is 0 Å². The second-order valence-corrected chi connectivity index (χ2v) is 7.21. The van der Waals surface area contributed by atoms with Crippen LogP contribution >= 0.6 is 0 Å². The lowest BCUT2D eigenvalue weighted by molar-refractivity contribution is -0.138. The quantitative estimate of drug-likeness (QED) is 0.599. The van der Waals surface area contributed by atoms with Crippen LogP contribution in [0.1, 0.15) is 23.1 Å². The van der Waals surface area contributed by atoms with E-state index in [4.69, 9.17) is 4.74 Å². The summed E-state index contributed by atoms with van der Waals surface area (Å²) in [5.74, 6) is 0. The van der Waals surface area contributed by atoms with Crippen molar-refractivity contribution in [2.75, 3.05) is 0 Å². The molecule has 0 bridgehead atoms. The van der Waals surface area contributed by atoms with Gasteiger partial charge in [0.05, 0.1) is 11.5 Å². The standard InChI is InChI=1S/C24H24O4/c25-20-16-21(26)28-22(20)23(27)24(17-10-4-1-5-11-17,18-12-6-2-7-13-18)19-14-8-3-9-15-19/h1-15,20-23,25-27H,16H2/t20-,21-,22-,23?/m0/s1. The van der Waals surface area contributed by atoms with Gasteiger partial charge in [-0.2, -0.15) is 0 Å². The van der Waals surface area contributed by atoms with Crippen LogP contribution in [-0.4, -0.2) is 39.9 Å². The molecule has 4 atom stereocenters. The van der Waals surface area contributed by atoms with Gasteiger partial charge in [-0.25, -0.2) is 0 Å². The highest BCUT2D eigenvalue weighted by molar-refractivity contribution is 5.52. The first-order chi connectivity index (χ1) is 13.6. The normalized spacial score (nSPS) is 23.5. The van der Waals surface area contributed by atoms with E-state index in [-0.39, 0.29) is 6.42 Å². The van der Waals surface area contributed by atoms with Crippen molar-refractivity contribution in [3.05, 3.63) is 108 Å². The summed E-state index contributed by atoms with van der Waals surface area (Å²) in [6, 6.07) is 29.2. The summed E-state index contributed by atoms with van der Waals surface area (Å²) < 4.78 is 5.56. The summed E-state index contributed by atoms with van der Waals surface area (Å²) in [5, 5.41) is 32.1. The summed E-state index contributed by atoms with van der Waals surface area (Å²) >= 11 is 0. The number of aliphatic hydroxyl groups is 3. The van der Waals surface area contributed by atoms with Gasteiger partial charge in [0.15, 0.2) is 6.29 Å². The summed E-state index contributed by atoms with van der Waals surface area (Å²) in [6.07, 6.45) is -4.01. The molecule has 3 aromatic rings. The number of rotatable bonds is 5. The molecule has 144 valence electrons. The Hall–Kier alpha value is -2.50. The van der Waals surface area contributed by atoms with E-state index in [1.54, 1.807) is 0 Å². The fourth-order valence-corrected chi connectivity index (χ4v) is 4.31. The lowest BCUT2D eigenvalue weighted by Gasteiger charge is -2.42. The molecule has 28 heavy (non-hydrogen) atoms. The second-order valence-electron chi connectivity index (χ2n) is 7.21. The van der Waals surface area contributed by atoms with Crippen LogP contribution in [0, 0.1) is 0 Å². The van der Waals surface area contributed by atoms with E-state index >= 15 is 0 Å². The van der Waals surface area contributed by atoms with E-state index in [0.717, 1.165) is 16.7 Å². The molecule has 4 rings (SSSR count). The molecular formula is C24H24O4.